The highest BCUT2D eigenvalue weighted by atomic mass is 79.9. The van der Waals surface area contributed by atoms with Gasteiger partial charge in [-0.15, -0.1) is 13.2 Å². The summed E-state index contributed by atoms with van der Waals surface area (Å²) in [6.45, 7) is 1.58. The van der Waals surface area contributed by atoms with Crippen LogP contribution in [0.5, 0.6) is 5.75 Å². The van der Waals surface area contributed by atoms with Crippen LogP contribution in [0.3, 0.4) is 0 Å². The second kappa shape index (κ2) is 4.73. The third-order valence-corrected chi connectivity index (χ3v) is 2.07. The molecule has 3 nitrogen and oxygen atoms in total. The number of nitrogens with zero attached hydrogens (tertiary/aromatic N) is 1. The molecule has 1 rings (SSSR count). The normalized spacial score (nSPS) is 12.7. The van der Waals surface area contributed by atoms with Crippen molar-refractivity contribution in [2.24, 2.45) is 10.7 Å². The molecule has 1 aromatic carbocycles. The lowest BCUT2D eigenvalue weighted by molar-refractivity contribution is -0.274. The van der Waals surface area contributed by atoms with E-state index < -0.39 is 6.36 Å². The van der Waals surface area contributed by atoms with Gasteiger partial charge in [0.05, 0.1) is 16.0 Å². The molecule has 0 aliphatic heterocycles. The number of nitrogens with two attached hydrogens (primary N) is 1. The number of rotatable bonds is 2. The summed E-state index contributed by atoms with van der Waals surface area (Å²) in [6, 6.07) is 3.93. The van der Waals surface area contributed by atoms with Crippen LogP contribution in [0.25, 0.3) is 0 Å². The molecule has 0 aromatic heterocycles. The van der Waals surface area contributed by atoms with E-state index in [0.717, 1.165) is 0 Å². The largest absolute Gasteiger partial charge is 0.573 e. The summed E-state index contributed by atoms with van der Waals surface area (Å²) in [5.41, 5.74) is 5.78. The molecule has 0 bridgehead atoms. The number of benzene rings is 1. The molecule has 16 heavy (non-hydrogen) atoms. The van der Waals surface area contributed by atoms with Gasteiger partial charge in [-0.2, -0.15) is 0 Å². The number of alkyl halides is 3. The highest BCUT2D eigenvalue weighted by molar-refractivity contribution is 9.10. The Morgan fingerprint density at radius 1 is 1.44 bits per heavy atom. The monoisotopic (exact) mass is 296 g/mol. The zero-order valence-electron chi connectivity index (χ0n) is 8.18. The molecule has 0 saturated heterocycles. The molecule has 0 aliphatic carbocycles. The van der Waals surface area contributed by atoms with Crippen molar-refractivity contribution in [3.05, 3.63) is 22.7 Å². The smallest absolute Gasteiger partial charge is 0.405 e. The number of aliphatic imine (C=N–C) groups is 1. The Hall–Kier alpha value is -1.24. The molecule has 0 heterocycles. The first-order valence-corrected chi connectivity index (χ1v) is 4.93. The SMILES string of the molecule is CC(N)=Nc1ccc(OC(F)(F)F)c(Br)c1. The number of ether oxygens (including phenoxy) is 1. The van der Waals surface area contributed by atoms with Gasteiger partial charge < -0.3 is 10.5 Å². The lowest BCUT2D eigenvalue weighted by atomic mass is 10.3. The quantitative estimate of drug-likeness (QED) is 0.672. The predicted molar refractivity (Wildman–Crippen MR) is 57.8 cm³/mol. The van der Waals surface area contributed by atoms with E-state index in [0.29, 0.717) is 11.5 Å². The van der Waals surface area contributed by atoms with Crippen molar-refractivity contribution in [2.75, 3.05) is 0 Å². The van der Waals surface area contributed by atoms with Crippen LogP contribution in [0.1, 0.15) is 6.92 Å². The van der Waals surface area contributed by atoms with Crippen molar-refractivity contribution < 1.29 is 17.9 Å². The Balaban J connectivity index is 2.96. The topological polar surface area (TPSA) is 47.6 Å². The van der Waals surface area contributed by atoms with Crippen molar-refractivity contribution >= 4 is 27.5 Å². The van der Waals surface area contributed by atoms with Crippen molar-refractivity contribution in [3.63, 3.8) is 0 Å². The molecule has 0 saturated carbocycles. The highest BCUT2D eigenvalue weighted by Gasteiger charge is 2.31. The van der Waals surface area contributed by atoms with Crippen LogP contribution in [0, 0.1) is 0 Å². The third kappa shape index (κ3) is 4.09. The lowest BCUT2D eigenvalue weighted by Crippen LogP contribution is -2.17. The number of hydrogen-bond acceptors (Lipinski definition) is 2. The predicted octanol–water partition coefficient (Wildman–Crippen LogP) is 3.36. The fourth-order valence-corrected chi connectivity index (χ4v) is 1.42. The summed E-state index contributed by atoms with van der Waals surface area (Å²) in [7, 11) is 0. The van der Waals surface area contributed by atoms with Gasteiger partial charge in [-0.25, -0.2) is 4.99 Å². The van der Waals surface area contributed by atoms with E-state index in [4.69, 9.17) is 5.73 Å². The molecule has 0 fully saturated rings. The summed E-state index contributed by atoms with van der Waals surface area (Å²) >= 11 is 2.95. The van der Waals surface area contributed by atoms with Gasteiger partial charge in [0.25, 0.3) is 0 Å². The minimum atomic E-state index is -4.71. The number of hydrogen-bond donors (Lipinski definition) is 1. The molecule has 0 unspecified atom stereocenters. The van der Waals surface area contributed by atoms with Gasteiger partial charge in [-0.05, 0) is 41.1 Å². The second-order valence-electron chi connectivity index (χ2n) is 2.92. The molecular formula is C9H8BrF3N2O. The standard InChI is InChI=1S/C9H8BrF3N2O/c1-5(14)15-6-2-3-8(7(10)4-6)16-9(11,12)13/h2-4H,1H3,(H2,14,15). The van der Waals surface area contributed by atoms with Crippen molar-refractivity contribution in [2.45, 2.75) is 13.3 Å². The Bertz CT molecular complexity index is 414. The maximum Gasteiger partial charge on any atom is 0.573 e. The second-order valence-corrected chi connectivity index (χ2v) is 3.77. The zero-order valence-corrected chi connectivity index (χ0v) is 9.76. The highest BCUT2D eigenvalue weighted by Crippen LogP contribution is 2.33. The molecule has 0 amide bonds. The first-order valence-electron chi connectivity index (χ1n) is 4.14. The van der Waals surface area contributed by atoms with E-state index in [1.807, 2.05) is 0 Å². The van der Waals surface area contributed by atoms with Gasteiger partial charge in [0.1, 0.15) is 5.75 Å². The van der Waals surface area contributed by atoms with Crippen LogP contribution in [0.2, 0.25) is 0 Å². The molecule has 2 N–H and O–H groups in total. The maximum absolute atomic E-state index is 11.9. The van der Waals surface area contributed by atoms with E-state index >= 15 is 0 Å². The fraction of sp³-hybridized carbons (Fsp3) is 0.222. The molecule has 7 heteroatoms. The summed E-state index contributed by atoms with van der Waals surface area (Å²) in [5.74, 6) is -0.00230. The Morgan fingerprint density at radius 3 is 2.50 bits per heavy atom. The lowest BCUT2D eigenvalue weighted by Gasteiger charge is -2.10. The molecule has 0 aliphatic rings. The number of amidine groups is 1. The average Bonchev–Trinajstić information content (AvgIpc) is 2.06. The first kappa shape index (κ1) is 12.8. The zero-order chi connectivity index (χ0) is 12.3. The van der Waals surface area contributed by atoms with Crippen LogP contribution in [0.4, 0.5) is 18.9 Å². The van der Waals surface area contributed by atoms with Crippen molar-refractivity contribution in [3.8, 4) is 5.75 Å². The van der Waals surface area contributed by atoms with E-state index in [9.17, 15) is 13.2 Å². The van der Waals surface area contributed by atoms with E-state index in [-0.39, 0.29) is 10.2 Å². The van der Waals surface area contributed by atoms with Crippen LogP contribution < -0.4 is 10.5 Å². The van der Waals surface area contributed by atoms with Gasteiger partial charge in [0, 0.05) is 0 Å². The Morgan fingerprint density at radius 2 is 2.06 bits per heavy atom. The molecule has 88 valence electrons. The minimum absolute atomic E-state index is 0.160. The Labute approximate surface area is 98.2 Å². The van der Waals surface area contributed by atoms with E-state index in [1.54, 1.807) is 6.92 Å². The van der Waals surface area contributed by atoms with Gasteiger partial charge >= 0.3 is 6.36 Å². The molecular weight excluding hydrogens is 289 g/mol. The van der Waals surface area contributed by atoms with Crippen molar-refractivity contribution in [1.82, 2.24) is 0 Å². The molecule has 1 aromatic rings. The van der Waals surface area contributed by atoms with Crippen LogP contribution >= 0.6 is 15.9 Å². The Kier molecular flexibility index (Phi) is 3.79. The summed E-state index contributed by atoms with van der Waals surface area (Å²) < 4.78 is 39.7. The van der Waals surface area contributed by atoms with Crippen LogP contribution in [-0.2, 0) is 0 Å². The van der Waals surface area contributed by atoms with Crippen LogP contribution in [0.15, 0.2) is 27.7 Å². The third-order valence-electron chi connectivity index (χ3n) is 1.45. The minimum Gasteiger partial charge on any atom is -0.405 e. The average molecular weight is 297 g/mol. The summed E-state index contributed by atoms with van der Waals surface area (Å²) in [5, 5.41) is 0. The fourth-order valence-electron chi connectivity index (χ4n) is 0.970. The van der Waals surface area contributed by atoms with Gasteiger partial charge in [0.15, 0.2) is 0 Å². The van der Waals surface area contributed by atoms with Gasteiger partial charge in [-0.3, -0.25) is 0 Å². The maximum atomic E-state index is 11.9. The molecule has 0 radical (unpaired) electrons. The van der Waals surface area contributed by atoms with Crippen LogP contribution in [-0.4, -0.2) is 12.2 Å². The van der Waals surface area contributed by atoms with Gasteiger partial charge in [0.2, 0.25) is 0 Å². The number of halogens is 4. The summed E-state index contributed by atoms with van der Waals surface area (Å²) in [4.78, 5) is 3.89. The van der Waals surface area contributed by atoms with E-state index in [2.05, 4.69) is 25.7 Å². The summed E-state index contributed by atoms with van der Waals surface area (Å²) in [6.07, 6.45) is -4.71. The molecule has 0 atom stereocenters. The van der Waals surface area contributed by atoms with Gasteiger partial charge in [-0.1, -0.05) is 0 Å². The molecule has 0 spiro atoms. The van der Waals surface area contributed by atoms with E-state index in [1.165, 1.54) is 18.2 Å². The van der Waals surface area contributed by atoms with Crippen molar-refractivity contribution in [1.29, 1.82) is 0 Å². The first-order chi connectivity index (χ1) is 7.28.